The van der Waals surface area contributed by atoms with E-state index in [1.165, 1.54) is 105 Å². The third-order valence-electron chi connectivity index (χ3n) is 23.4. The Morgan fingerprint density at radius 3 is 0.884 bits per heavy atom. The minimum atomic E-state index is 0.900. The molecule has 0 saturated carbocycles. The van der Waals surface area contributed by atoms with E-state index in [1.807, 2.05) is 17.4 Å². The maximum Gasteiger partial charge on any atom is 0.155 e. The summed E-state index contributed by atoms with van der Waals surface area (Å²) in [5.74, 6) is 0. The molecule has 0 unspecified atom stereocenters. The number of benzene rings is 19. The number of rotatable bonds is 12. The number of fused-ring (bicyclic) bond motifs is 22. The van der Waals surface area contributed by atoms with Crippen LogP contribution < -0.4 is 14.7 Å². The summed E-state index contributed by atoms with van der Waals surface area (Å²) in [6, 6.07) is 153. The molecule has 0 atom stereocenters. The Morgan fingerprint density at radius 1 is 0.182 bits per heavy atom. The Morgan fingerprint density at radius 2 is 0.471 bits per heavy atom. The molecule has 6 aromatic heterocycles. The highest BCUT2D eigenvalue weighted by atomic mass is 32.1. The lowest BCUT2D eigenvalue weighted by atomic mass is 9.99. The summed E-state index contributed by atoms with van der Waals surface area (Å²) in [4.78, 5) is 7.19. The molecular weight excluding hydrogens is 1530 g/mol. The lowest BCUT2D eigenvalue weighted by molar-refractivity contribution is 0.673. The van der Waals surface area contributed by atoms with Crippen LogP contribution in [0, 0.1) is 0 Å². The Bertz CT molecular complexity index is 8090. The van der Waals surface area contributed by atoms with Crippen molar-refractivity contribution in [3.05, 3.63) is 431 Å². The van der Waals surface area contributed by atoms with Crippen LogP contribution in [0.3, 0.4) is 0 Å². The highest BCUT2D eigenvalue weighted by Gasteiger charge is 2.30. The van der Waals surface area contributed by atoms with Gasteiger partial charge in [-0.15, -0.1) is 34.0 Å². The van der Waals surface area contributed by atoms with Crippen LogP contribution in [0.2, 0.25) is 0 Å². The smallest absolute Gasteiger partial charge is 0.155 e. The van der Waals surface area contributed by atoms with E-state index in [1.54, 1.807) is 22.7 Å². The number of furan rings is 3. The van der Waals surface area contributed by atoms with Crippen LogP contribution >= 0.6 is 34.0 Å². The molecule has 0 amide bonds. The van der Waals surface area contributed by atoms with Crippen molar-refractivity contribution >= 4 is 222 Å². The number of nitrogens with zero attached hydrogens (tertiary/aromatic N) is 3. The van der Waals surface area contributed by atoms with Gasteiger partial charge >= 0.3 is 0 Å². The van der Waals surface area contributed by atoms with E-state index in [0.717, 1.165) is 117 Å². The summed E-state index contributed by atoms with van der Waals surface area (Å²) in [5.41, 5.74) is 22.7. The topological polar surface area (TPSA) is 49.1 Å². The van der Waals surface area contributed by atoms with Gasteiger partial charge in [-0.3, -0.25) is 0 Å². The monoisotopic (exact) mass is 1600 g/mol. The second-order valence-electron chi connectivity index (χ2n) is 30.4. The van der Waals surface area contributed by atoms with E-state index in [0.29, 0.717) is 0 Å². The van der Waals surface area contributed by atoms with Gasteiger partial charge in [-0.2, -0.15) is 0 Å². The molecule has 9 heteroatoms. The molecule has 0 spiro atoms. The molecule has 6 heterocycles. The molecule has 0 radical (unpaired) electrons. The lowest BCUT2D eigenvalue weighted by Crippen LogP contribution is -2.12. The van der Waals surface area contributed by atoms with Crippen molar-refractivity contribution < 1.29 is 13.3 Å². The van der Waals surface area contributed by atoms with E-state index in [9.17, 15) is 0 Å². The Balaban J connectivity index is 0.000000107. The van der Waals surface area contributed by atoms with Crippen molar-refractivity contribution in [2.75, 3.05) is 14.7 Å². The first kappa shape index (κ1) is 71.2. The van der Waals surface area contributed by atoms with Crippen molar-refractivity contribution in [3.8, 4) is 33.4 Å². The molecule has 25 rings (SSSR count). The standard InChI is InChI=1S/C42H27NOS.C40H25NOS.C30H19NOS/c1-3-11-28(12-4-1)30-19-23-32(24-20-30)43(33-25-21-31(22-26-33)29-13-5-2-6-14-29)37-27-36-34-15-8-10-18-39(34)45-42(36)41-40(37)35-16-7-9-17-38(35)44-41;1-2-13-26(14-3-1)28-18-6-9-21-33(28)41(34-22-12-16-27-15-4-5-17-29(27)34)35-25-32-30-19-8-11-24-37(30)43-40(32)39-38(35)31-20-7-10-23-36(31)42-39;1-3-11-20(12-4-1)31(21-13-5-2-6-14-21)25-19-24-22-15-8-10-18-27(22)33-30(24)29-28(25)23-16-7-9-17-26(23)32-29/h1-27H;1-25H;1-19H. The molecule has 0 bridgehead atoms. The van der Waals surface area contributed by atoms with Crippen molar-refractivity contribution in [2.24, 2.45) is 0 Å². The molecule has 121 heavy (non-hydrogen) atoms. The summed E-state index contributed by atoms with van der Waals surface area (Å²) in [5, 5.41) is 16.6. The third-order valence-corrected chi connectivity index (χ3v) is 26.9. The molecule has 0 aliphatic carbocycles. The van der Waals surface area contributed by atoms with Gasteiger partial charge in [0, 0.05) is 96.3 Å². The molecule has 0 saturated heterocycles. The number of hydrogen-bond acceptors (Lipinski definition) is 9. The van der Waals surface area contributed by atoms with E-state index in [2.05, 4.69) is 439 Å². The highest BCUT2D eigenvalue weighted by Crippen LogP contribution is 2.55. The predicted octanol–water partition coefficient (Wildman–Crippen LogP) is 34.4. The molecule has 0 aliphatic heterocycles. The SMILES string of the molecule is c1ccc(-c2ccc(N(c3ccc(-c4ccccc4)cc3)c3cc4c5ccccc5sc4c4oc5ccccc5c34)cc2)cc1.c1ccc(-c2ccccc2N(c2cccc3ccccc23)c2cc3c4ccccc4sc3c3oc4ccccc4c23)cc1.c1ccc(N(c2ccccc2)c2cc3c4ccccc4sc3c3oc4ccccc4c23)cc1. The zero-order valence-electron chi connectivity index (χ0n) is 65.3. The first-order chi connectivity index (χ1) is 60.0. The van der Waals surface area contributed by atoms with Crippen molar-refractivity contribution in [3.63, 3.8) is 0 Å². The van der Waals surface area contributed by atoms with Crippen LogP contribution in [-0.2, 0) is 0 Å². The van der Waals surface area contributed by atoms with Crippen LogP contribution in [0.1, 0.15) is 0 Å². The molecule has 25 aromatic rings. The zero-order chi connectivity index (χ0) is 79.9. The van der Waals surface area contributed by atoms with Crippen molar-refractivity contribution in [2.45, 2.75) is 0 Å². The average Bonchev–Trinajstić information content (AvgIpc) is 1.62. The summed E-state index contributed by atoms with van der Waals surface area (Å²) in [6.07, 6.45) is 0. The Hall–Kier alpha value is -15.1. The summed E-state index contributed by atoms with van der Waals surface area (Å²) in [6.45, 7) is 0. The minimum Gasteiger partial charge on any atom is -0.454 e. The highest BCUT2D eigenvalue weighted by molar-refractivity contribution is 7.27. The lowest BCUT2D eigenvalue weighted by Gasteiger charge is -2.30. The maximum absolute atomic E-state index is 6.74. The Labute approximate surface area is 709 Å². The van der Waals surface area contributed by atoms with Gasteiger partial charge in [0.25, 0.3) is 0 Å². The number of hydrogen-bond donors (Lipinski definition) is 0. The van der Waals surface area contributed by atoms with Gasteiger partial charge in [-0.1, -0.05) is 315 Å². The summed E-state index contributed by atoms with van der Waals surface area (Å²) < 4.78 is 27.4. The fraction of sp³-hybridized carbons (Fsp3) is 0. The van der Waals surface area contributed by atoms with Gasteiger partial charge in [0.1, 0.15) is 16.7 Å². The van der Waals surface area contributed by atoms with Crippen LogP contribution in [0.5, 0.6) is 0 Å². The molecule has 19 aromatic carbocycles. The van der Waals surface area contributed by atoms with Crippen molar-refractivity contribution in [1.29, 1.82) is 0 Å². The van der Waals surface area contributed by atoms with Gasteiger partial charge < -0.3 is 28.0 Å². The Kier molecular flexibility index (Phi) is 17.7. The average molecular weight is 1600 g/mol. The number of anilines is 9. The maximum atomic E-state index is 6.74. The van der Waals surface area contributed by atoms with Crippen molar-refractivity contribution in [1.82, 2.24) is 0 Å². The van der Waals surface area contributed by atoms with Gasteiger partial charge in [0.2, 0.25) is 0 Å². The quantitative estimate of drug-likeness (QED) is 0.121. The molecule has 0 aliphatic rings. The van der Waals surface area contributed by atoms with Crippen LogP contribution in [0.15, 0.2) is 444 Å². The van der Waals surface area contributed by atoms with Gasteiger partial charge in [-0.25, -0.2) is 0 Å². The molecule has 570 valence electrons. The van der Waals surface area contributed by atoms with Crippen LogP contribution in [0.4, 0.5) is 51.2 Å². The summed E-state index contributed by atoms with van der Waals surface area (Å²) >= 11 is 5.42. The third kappa shape index (κ3) is 12.4. The van der Waals surface area contributed by atoms with Crippen LogP contribution in [-0.4, -0.2) is 0 Å². The first-order valence-electron chi connectivity index (χ1n) is 40.8. The van der Waals surface area contributed by atoms with E-state index >= 15 is 0 Å². The predicted molar refractivity (Wildman–Crippen MR) is 518 cm³/mol. The normalized spacial score (nSPS) is 11.6. The van der Waals surface area contributed by atoms with Crippen LogP contribution in [0.25, 0.3) is 170 Å². The molecule has 0 N–H and O–H groups in total. The second-order valence-corrected chi connectivity index (χ2v) is 33.6. The van der Waals surface area contributed by atoms with Gasteiger partial charge in [0.15, 0.2) is 16.7 Å². The molecular formula is C112H71N3O3S3. The van der Waals surface area contributed by atoms with E-state index in [-0.39, 0.29) is 0 Å². The molecule has 6 nitrogen and oxygen atoms in total. The largest absolute Gasteiger partial charge is 0.454 e. The van der Waals surface area contributed by atoms with Gasteiger partial charge in [-0.05, 0) is 148 Å². The number of para-hydroxylation sites is 6. The minimum absolute atomic E-state index is 0.900. The summed E-state index contributed by atoms with van der Waals surface area (Å²) in [7, 11) is 0. The number of thiophene rings is 3. The zero-order valence-corrected chi connectivity index (χ0v) is 67.7. The van der Waals surface area contributed by atoms with E-state index in [4.69, 9.17) is 13.3 Å². The second kappa shape index (κ2) is 30.1. The first-order valence-corrected chi connectivity index (χ1v) is 43.2. The van der Waals surface area contributed by atoms with E-state index < -0.39 is 0 Å². The van der Waals surface area contributed by atoms with Gasteiger partial charge in [0.05, 0.1) is 58.7 Å². The molecule has 0 fully saturated rings. The fourth-order valence-electron chi connectivity index (χ4n) is 17.9. The fourth-order valence-corrected chi connectivity index (χ4v) is 21.4.